The van der Waals surface area contributed by atoms with Crippen LogP contribution in [-0.4, -0.2) is 34.4 Å². The second-order valence-corrected chi connectivity index (χ2v) is 4.46. The van der Waals surface area contributed by atoms with Crippen molar-refractivity contribution in [2.75, 3.05) is 18.5 Å². The molecular weight excluding hydrogens is 308 g/mol. The van der Waals surface area contributed by atoms with E-state index < -0.39 is 5.97 Å². The molecule has 2 aromatic heterocycles. The van der Waals surface area contributed by atoms with Crippen LogP contribution >= 0.6 is 11.6 Å². The third-order valence-electron chi connectivity index (χ3n) is 2.51. The van der Waals surface area contributed by atoms with Crippen LogP contribution in [0.4, 0.5) is 11.5 Å². The fourth-order valence-corrected chi connectivity index (χ4v) is 1.81. The summed E-state index contributed by atoms with van der Waals surface area (Å²) < 4.78 is 10.3. The van der Waals surface area contributed by atoms with E-state index in [2.05, 4.69) is 20.5 Å². The third-order valence-corrected chi connectivity index (χ3v) is 2.70. The maximum Gasteiger partial charge on any atom is 0.361 e. The first kappa shape index (κ1) is 16.0. The average molecular weight is 323 g/mol. The molecule has 0 radical (unpaired) electrons. The van der Waals surface area contributed by atoms with Crippen molar-refractivity contribution < 1.29 is 14.3 Å². The highest BCUT2D eigenvalue weighted by atomic mass is 35.5. The summed E-state index contributed by atoms with van der Waals surface area (Å²) in [6.07, 6.45) is 0. The average Bonchev–Trinajstić information content (AvgIpc) is 2.48. The normalized spacial score (nSPS) is 10.1. The molecule has 0 saturated carbocycles. The Labute approximate surface area is 132 Å². The van der Waals surface area contributed by atoms with Crippen LogP contribution in [0.15, 0.2) is 24.3 Å². The lowest BCUT2D eigenvalue weighted by molar-refractivity contribution is 0.0519. The second-order valence-electron chi connectivity index (χ2n) is 4.07. The first-order valence-electron chi connectivity index (χ1n) is 6.71. The van der Waals surface area contributed by atoms with Crippen molar-refractivity contribution in [1.29, 1.82) is 0 Å². The Balaban J connectivity index is 2.30. The van der Waals surface area contributed by atoms with E-state index in [9.17, 15) is 4.79 Å². The van der Waals surface area contributed by atoms with Crippen molar-refractivity contribution in [1.82, 2.24) is 15.2 Å². The number of esters is 1. The number of halogens is 1. The van der Waals surface area contributed by atoms with E-state index in [0.29, 0.717) is 24.0 Å². The number of nitrogens with one attached hydrogen (secondary N) is 1. The molecule has 116 valence electrons. The van der Waals surface area contributed by atoms with Gasteiger partial charge in [-0.1, -0.05) is 17.7 Å². The van der Waals surface area contributed by atoms with Crippen molar-refractivity contribution >= 4 is 29.1 Å². The molecule has 0 aliphatic carbocycles. The lowest BCUT2D eigenvalue weighted by Crippen LogP contribution is -2.12. The summed E-state index contributed by atoms with van der Waals surface area (Å²) in [4.78, 5) is 16.1. The van der Waals surface area contributed by atoms with Gasteiger partial charge in [0.2, 0.25) is 5.88 Å². The first-order chi connectivity index (χ1) is 10.6. The Kier molecular flexibility index (Phi) is 5.48. The zero-order valence-electron chi connectivity index (χ0n) is 12.2. The van der Waals surface area contributed by atoms with E-state index in [1.807, 2.05) is 6.92 Å². The van der Waals surface area contributed by atoms with Crippen molar-refractivity contribution in [3.63, 3.8) is 0 Å². The number of hydrogen-bond donors (Lipinski definition) is 1. The second kappa shape index (κ2) is 7.56. The van der Waals surface area contributed by atoms with E-state index in [1.54, 1.807) is 25.1 Å². The van der Waals surface area contributed by atoms with Gasteiger partial charge in [0.1, 0.15) is 5.82 Å². The van der Waals surface area contributed by atoms with Crippen LogP contribution in [0.5, 0.6) is 5.88 Å². The highest BCUT2D eigenvalue weighted by Gasteiger charge is 2.17. The van der Waals surface area contributed by atoms with Gasteiger partial charge < -0.3 is 14.8 Å². The summed E-state index contributed by atoms with van der Waals surface area (Å²) in [6, 6.07) is 6.72. The topological polar surface area (TPSA) is 86.2 Å². The quantitative estimate of drug-likeness (QED) is 0.818. The largest absolute Gasteiger partial charge is 0.478 e. The van der Waals surface area contributed by atoms with Crippen molar-refractivity contribution in [3.05, 3.63) is 35.1 Å². The molecular formula is C14H15ClN4O3. The SMILES string of the molecule is CCOC(=O)c1nnc(Cl)cc1Nc1cccc(OCC)n1. The van der Waals surface area contributed by atoms with Gasteiger partial charge in [0.25, 0.3) is 0 Å². The summed E-state index contributed by atoms with van der Waals surface area (Å²) >= 11 is 5.83. The summed E-state index contributed by atoms with van der Waals surface area (Å²) in [5, 5.41) is 10.6. The van der Waals surface area contributed by atoms with Crippen LogP contribution in [0.3, 0.4) is 0 Å². The van der Waals surface area contributed by atoms with Crippen LogP contribution in [0.25, 0.3) is 0 Å². The predicted octanol–water partition coefficient (Wildman–Crippen LogP) is 2.84. The van der Waals surface area contributed by atoms with Crippen LogP contribution in [-0.2, 0) is 4.74 Å². The number of anilines is 2. The van der Waals surface area contributed by atoms with Crippen LogP contribution in [0.2, 0.25) is 5.15 Å². The van der Waals surface area contributed by atoms with Gasteiger partial charge in [0.05, 0.1) is 18.9 Å². The van der Waals surface area contributed by atoms with Gasteiger partial charge in [-0.2, -0.15) is 4.98 Å². The molecule has 2 rings (SSSR count). The Morgan fingerprint density at radius 2 is 2.09 bits per heavy atom. The number of pyridine rings is 1. The lowest BCUT2D eigenvalue weighted by atomic mass is 10.3. The number of nitrogens with zero attached hydrogens (tertiary/aromatic N) is 3. The first-order valence-corrected chi connectivity index (χ1v) is 7.09. The number of ether oxygens (including phenoxy) is 2. The standard InChI is InChI=1S/C14H15ClN4O3/c1-3-21-12-7-5-6-11(17-12)16-9-8-10(15)18-19-13(9)14(20)22-4-2/h5-8H,3-4H2,1-2H3,(H,16,17,18). The molecule has 0 bridgehead atoms. The minimum Gasteiger partial charge on any atom is -0.478 e. The van der Waals surface area contributed by atoms with E-state index >= 15 is 0 Å². The van der Waals surface area contributed by atoms with Crippen molar-refractivity contribution in [3.8, 4) is 5.88 Å². The molecule has 0 fully saturated rings. The smallest absolute Gasteiger partial charge is 0.361 e. The number of carbonyl (C=O) groups is 1. The molecule has 0 aliphatic rings. The maximum absolute atomic E-state index is 11.9. The fraction of sp³-hybridized carbons (Fsp3) is 0.286. The molecule has 0 aliphatic heterocycles. The van der Waals surface area contributed by atoms with Crippen LogP contribution in [0.1, 0.15) is 24.3 Å². The van der Waals surface area contributed by atoms with Gasteiger partial charge >= 0.3 is 5.97 Å². The highest BCUT2D eigenvalue weighted by Crippen LogP contribution is 2.22. The monoisotopic (exact) mass is 322 g/mol. The Morgan fingerprint density at radius 3 is 2.82 bits per heavy atom. The number of aromatic nitrogens is 3. The third kappa shape index (κ3) is 4.05. The van der Waals surface area contributed by atoms with Crippen molar-refractivity contribution in [2.24, 2.45) is 0 Å². The van der Waals surface area contributed by atoms with E-state index in [0.717, 1.165) is 0 Å². The van der Waals surface area contributed by atoms with Gasteiger partial charge in [-0.3, -0.25) is 0 Å². The fourth-order valence-electron chi connectivity index (χ4n) is 1.66. The summed E-state index contributed by atoms with van der Waals surface area (Å²) in [5.74, 6) is 0.369. The van der Waals surface area contributed by atoms with Gasteiger partial charge in [-0.15, -0.1) is 10.2 Å². The summed E-state index contributed by atoms with van der Waals surface area (Å²) in [7, 11) is 0. The van der Waals surface area contributed by atoms with Crippen LogP contribution in [0, 0.1) is 0 Å². The molecule has 22 heavy (non-hydrogen) atoms. The molecule has 0 aromatic carbocycles. The molecule has 0 unspecified atom stereocenters. The Morgan fingerprint density at radius 1 is 1.27 bits per heavy atom. The van der Waals surface area contributed by atoms with Crippen LogP contribution < -0.4 is 10.1 Å². The van der Waals surface area contributed by atoms with E-state index in [-0.39, 0.29) is 17.5 Å². The molecule has 0 spiro atoms. The number of hydrogen-bond acceptors (Lipinski definition) is 7. The van der Waals surface area contributed by atoms with Gasteiger partial charge in [0.15, 0.2) is 10.8 Å². The number of rotatable bonds is 6. The molecule has 0 atom stereocenters. The molecule has 7 nitrogen and oxygen atoms in total. The zero-order chi connectivity index (χ0) is 15.9. The summed E-state index contributed by atoms with van der Waals surface area (Å²) in [5.41, 5.74) is 0.398. The van der Waals surface area contributed by atoms with Gasteiger partial charge in [-0.05, 0) is 19.9 Å². The molecule has 8 heteroatoms. The highest BCUT2D eigenvalue weighted by molar-refractivity contribution is 6.29. The Hall–Kier alpha value is -2.41. The lowest BCUT2D eigenvalue weighted by Gasteiger charge is -2.10. The van der Waals surface area contributed by atoms with Gasteiger partial charge in [0, 0.05) is 12.1 Å². The molecule has 0 amide bonds. The predicted molar refractivity (Wildman–Crippen MR) is 81.7 cm³/mol. The van der Waals surface area contributed by atoms with Crippen molar-refractivity contribution in [2.45, 2.75) is 13.8 Å². The summed E-state index contributed by atoms with van der Waals surface area (Å²) in [6.45, 7) is 4.32. The Bertz CT molecular complexity index is 666. The zero-order valence-corrected chi connectivity index (χ0v) is 12.9. The number of carbonyl (C=O) groups excluding carboxylic acids is 1. The van der Waals surface area contributed by atoms with E-state index in [1.165, 1.54) is 6.07 Å². The minimum absolute atomic E-state index is 0.0369. The molecule has 2 heterocycles. The maximum atomic E-state index is 11.9. The molecule has 0 saturated heterocycles. The molecule has 2 aromatic rings. The van der Waals surface area contributed by atoms with E-state index in [4.69, 9.17) is 21.1 Å². The minimum atomic E-state index is -0.588. The van der Waals surface area contributed by atoms with Gasteiger partial charge in [-0.25, -0.2) is 4.79 Å². The molecule has 1 N–H and O–H groups in total.